The zero-order chi connectivity index (χ0) is 13.2. The minimum absolute atomic E-state index is 0.117. The van der Waals surface area contributed by atoms with Crippen LogP contribution in [0.3, 0.4) is 0 Å². The Kier molecular flexibility index (Phi) is 4.28. The second-order valence-electron chi connectivity index (χ2n) is 5.41. The van der Waals surface area contributed by atoms with Crippen molar-refractivity contribution in [2.75, 3.05) is 26.4 Å². The highest BCUT2D eigenvalue weighted by atomic mass is 32.2. The third-order valence-electron chi connectivity index (χ3n) is 3.69. The fourth-order valence-corrected chi connectivity index (χ4v) is 4.43. The van der Waals surface area contributed by atoms with E-state index in [2.05, 4.69) is 4.72 Å². The van der Waals surface area contributed by atoms with E-state index in [1.165, 1.54) is 4.31 Å². The van der Waals surface area contributed by atoms with Crippen LogP contribution in [0.5, 0.6) is 0 Å². The van der Waals surface area contributed by atoms with Crippen molar-refractivity contribution in [2.45, 2.75) is 44.2 Å². The van der Waals surface area contributed by atoms with Crippen molar-refractivity contribution in [3.63, 3.8) is 0 Å². The average Bonchev–Trinajstić information content (AvgIpc) is 2.74. The maximum absolute atomic E-state index is 12.4. The Morgan fingerprint density at radius 3 is 2.89 bits per heavy atom. The summed E-state index contributed by atoms with van der Waals surface area (Å²) in [4.78, 5) is 0. The van der Waals surface area contributed by atoms with Crippen molar-refractivity contribution in [2.24, 2.45) is 0 Å². The topological polar surface area (TPSA) is 78.9 Å². The number of hydrogen-bond donors (Lipinski definition) is 2. The highest BCUT2D eigenvalue weighted by Crippen LogP contribution is 2.23. The molecule has 0 aromatic heterocycles. The third-order valence-corrected chi connectivity index (χ3v) is 5.54. The molecule has 0 aliphatic carbocycles. The number of nitrogens with zero attached hydrogens (tertiary/aromatic N) is 1. The number of aliphatic hydroxyl groups excluding tert-OH is 1. The molecule has 0 aromatic rings. The van der Waals surface area contributed by atoms with E-state index in [9.17, 15) is 13.5 Å². The van der Waals surface area contributed by atoms with Gasteiger partial charge in [0.25, 0.3) is 10.2 Å². The summed E-state index contributed by atoms with van der Waals surface area (Å²) < 4.78 is 34.1. The first kappa shape index (κ1) is 14.2. The monoisotopic (exact) mass is 278 g/mol. The van der Waals surface area contributed by atoms with Crippen LogP contribution >= 0.6 is 0 Å². The van der Waals surface area contributed by atoms with Crippen molar-refractivity contribution >= 4 is 10.2 Å². The van der Waals surface area contributed by atoms with Crippen molar-refractivity contribution in [1.29, 1.82) is 0 Å². The van der Waals surface area contributed by atoms with Gasteiger partial charge in [0.1, 0.15) is 0 Å². The largest absolute Gasteiger partial charge is 0.395 e. The molecule has 2 aliphatic heterocycles. The van der Waals surface area contributed by atoms with Gasteiger partial charge in [-0.05, 0) is 26.2 Å². The molecule has 7 heteroatoms. The molecule has 0 spiro atoms. The Morgan fingerprint density at radius 1 is 1.50 bits per heavy atom. The molecule has 2 saturated heterocycles. The summed E-state index contributed by atoms with van der Waals surface area (Å²) in [7, 11) is -3.54. The fourth-order valence-electron chi connectivity index (χ4n) is 2.59. The fraction of sp³-hybridized carbons (Fsp3) is 1.00. The molecule has 0 aromatic carbocycles. The molecule has 2 fully saturated rings. The van der Waals surface area contributed by atoms with Crippen LogP contribution in [-0.4, -0.2) is 55.8 Å². The molecule has 2 unspecified atom stereocenters. The van der Waals surface area contributed by atoms with Gasteiger partial charge in [-0.3, -0.25) is 0 Å². The highest BCUT2D eigenvalue weighted by Gasteiger charge is 2.39. The first-order valence-corrected chi connectivity index (χ1v) is 7.90. The highest BCUT2D eigenvalue weighted by molar-refractivity contribution is 7.87. The van der Waals surface area contributed by atoms with E-state index < -0.39 is 15.7 Å². The molecule has 2 aliphatic rings. The summed E-state index contributed by atoms with van der Waals surface area (Å²) >= 11 is 0. The molecule has 0 radical (unpaired) electrons. The third kappa shape index (κ3) is 3.03. The Morgan fingerprint density at radius 2 is 2.28 bits per heavy atom. The minimum atomic E-state index is -3.54. The summed E-state index contributed by atoms with van der Waals surface area (Å²) in [5.41, 5.74) is -0.518. The molecule has 0 bridgehead atoms. The van der Waals surface area contributed by atoms with Gasteiger partial charge in [-0.1, -0.05) is 6.42 Å². The van der Waals surface area contributed by atoms with E-state index in [1.807, 2.05) is 6.92 Å². The second kappa shape index (κ2) is 5.42. The van der Waals surface area contributed by atoms with Crippen molar-refractivity contribution in [3.05, 3.63) is 0 Å². The predicted molar refractivity (Wildman–Crippen MR) is 67.3 cm³/mol. The summed E-state index contributed by atoms with van der Waals surface area (Å²) in [6.07, 6.45) is 3.23. The molecular weight excluding hydrogens is 256 g/mol. The van der Waals surface area contributed by atoms with Crippen molar-refractivity contribution < 1.29 is 18.3 Å². The molecule has 106 valence electrons. The van der Waals surface area contributed by atoms with E-state index in [1.54, 1.807) is 0 Å². The molecular formula is C11H22N2O4S. The number of rotatable bonds is 4. The number of piperidine rings is 1. The standard InChI is InChI=1S/C11H22N2O4S/c1-11(5-7-17-9-11)12-18(15,16)13-6-3-2-4-10(13)8-14/h10,12,14H,2-9H2,1H3. The van der Waals surface area contributed by atoms with E-state index in [-0.39, 0.29) is 12.6 Å². The van der Waals surface area contributed by atoms with Gasteiger partial charge in [0, 0.05) is 19.2 Å². The Labute approximate surface area is 108 Å². The summed E-state index contributed by atoms with van der Waals surface area (Å²) in [5, 5.41) is 9.29. The van der Waals surface area contributed by atoms with Crippen LogP contribution in [0.15, 0.2) is 0 Å². The number of hydrogen-bond acceptors (Lipinski definition) is 4. The SMILES string of the molecule is CC1(NS(=O)(=O)N2CCCCC2CO)CCOC1. The molecule has 0 amide bonds. The Bertz CT molecular complexity index is 379. The molecule has 2 rings (SSSR count). The molecule has 2 N–H and O–H groups in total. The van der Waals surface area contributed by atoms with Crippen LogP contribution in [0.4, 0.5) is 0 Å². The van der Waals surface area contributed by atoms with Gasteiger partial charge in [0.05, 0.1) is 18.8 Å². The quantitative estimate of drug-likeness (QED) is 0.749. The number of aliphatic hydroxyl groups is 1. The van der Waals surface area contributed by atoms with Gasteiger partial charge in [-0.25, -0.2) is 0 Å². The number of ether oxygens (including phenoxy) is 1. The van der Waals surface area contributed by atoms with Gasteiger partial charge in [-0.2, -0.15) is 17.4 Å². The van der Waals surface area contributed by atoms with Crippen LogP contribution in [0, 0.1) is 0 Å². The maximum Gasteiger partial charge on any atom is 0.280 e. The van der Waals surface area contributed by atoms with Crippen molar-refractivity contribution in [1.82, 2.24) is 9.03 Å². The van der Waals surface area contributed by atoms with Gasteiger partial charge < -0.3 is 9.84 Å². The first-order chi connectivity index (χ1) is 8.47. The summed E-state index contributed by atoms with van der Waals surface area (Å²) in [6, 6.07) is -0.290. The lowest BCUT2D eigenvalue weighted by Gasteiger charge is -2.36. The van der Waals surface area contributed by atoms with Gasteiger partial charge >= 0.3 is 0 Å². The smallest absolute Gasteiger partial charge is 0.280 e. The minimum Gasteiger partial charge on any atom is -0.395 e. The van der Waals surface area contributed by atoms with Gasteiger partial charge in [0.15, 0.2) is 0 Å². The number of nitrogens with one attached hydrogen (secondary N) is 1. The lowest BCUT2D eigenvalue weighted by Crippen LogP contribution is -2.56. The van der Waals surface area contributed by atoms with Crippen LogP contribution in [-0.2, 0) is 14.9 Å². The molecule has 6 nitrogen and oxygen atoms in total. The summed E-state index contributed by atoms with van der Waals surface area (Å²) in [5.74, 6) is 0. The molecule has 0 saturated carbocycles. The lowest BCUT2D eigenvalue weighted by molar-refractivity contribution is 0.150. The van der Waals surface area contributed by atoms with Crippen LogP contribution in [0.25, 0.3) is 0 Å². The first-order valence-electron chi connectivity index (χ1n) is 6.46. The predicted octanol–water partition coefficient (Wildman–Crippen LogP) is -0.153. The molecule has 2 atom stereocenters. The maximum atomic E-state index is 12.4. The van der Waals surface area contributed by atoms with Crippen molar-refractivity contribution in [3.8, 4) is 0 Å². The molecule has 2 heterocycles. The van der Waals surface area contributed by atoms with Crippen LogP contribution in [0.2, 0.25) is 0 Å². The normalized spacial score (nSPS) is 34.9. The van der Waals surface area contributed by atoms with Crippen LogP contribution < -0.4 is 4.72 Å². The Hall–Kier alpha value is -0.210. The van der Waals surface area contributed by atoms with Crippen LogP contribution in [0.1, 0.15) is 32.6 Å². The second-order valence-corrected chi connectivity index (χ2v) is 7.04. The van der Waals surface area contributed by atoms with E-state index in [0.29, 0.717) is 26.2 Å². The lowest BCUT2D eigenvalue weighted by atomic mass is 10.0. The van der Waals surface area contributed by atoms with E-state index >= 15 is 0 Å². The Balaban J connectivity index is 2.09. The zero-order valence-electron chi connectivity index (χ0n) is 10.8. The zero-order valence-corrected chi connectivity index (χ0v) is 11.6. The van der Waals surface area contributed by atoms with Gasteiger partial charge in [0.2, 0.25) is 0 Å². The van der Waals surface area contributed by atoms with E-state index in [0.717, 1.165) is 19.3 Å². The summed E-state index contributed by atoms with van der Waals surface area (Å²) in [6.45, 7) is 3.22. The van der Waals surface area contributed by atoms with E-state index in [4.69, 9.17) is 4.74 Å². The van der Waals surface area contributed by atoms with Gasteiger partial charge in [-0.15, -0.1) is 0 Å². The average molecular weight is 278 g/mol. The molecule has 18 heavy (non-hydrogen) atoms.